The molecular weight excluding hydrogens is 328 g/mol. The molecule has 1 atom stereocenters. The van der Waals surface area contributed by atoms with E-state index < -0.39 is 41.6 Å². The van der Waals surface area contributed by atoms with Gasteiger partial charge in [0.2, 0.25) is 0 Å². The van der Waals surface area contributed by atoms with Crippen LogP contribution >= 0.6 is 0 Å². The molecule has 1 rings (SSSR count). The van der Waals surface area contributed by atoms with Crippen molar-refractivity contribution >= 4 is 10.3 Å². The molecule has 0 spiro atoms. The van der Waals surface area contributed by atoms with Crippen LogP contribution in [0.4, 0.5) is 26.3 Å². The first-order chi connectivity index (χ1) is 9.44. The maximum absolute atomic E-state index is 13.2. The van der Waals surface area contributed by atoms with Gasteiger partial charge in [0.15, 0.2) is 18.6 Å². The van der Waals surface area contributed by atoms with Crippen molar-refractivity contribution < 1.29 is 42.9 Å². The molecule has 0 amide bonds. The molecule has 0 aliphatic rings. The number of pyridine rings is 1. The van der Waals surface area contributed by atoms with Crippen LogP contribution in [0.25, 0.3) is 0 Å². The second-order valence-corrected chi connectivity index (χ2v) is 5.37. The Morgan fingerprint density at radius 2 is 1.57 bits per heavy atom. The quantitative estimate of drug-likeness (QED) is 0.591. The summed E-state index contributed by atoms with van der Waals surface area (Å²) in [4.78, 5) is 0. The summed E-state index contributed by atoms with van der Waals surface area (Å²) in [6.07, 6.45) is -14.9. The predicted molar refractivity (Wildman–Crippen MR) is 57.2 cm³/mol. The van der Waals surface area contributed by atoms with Crippen molar-refractivity contribution in [3.63, 3.8) is 0 Å². The van der Waals surface area contributed by atoms with Gasteiger partial charge in [0, 0.05) is 18.6 Å². The van der Waals surface area contributed by atoms with E-state index in [1.165, 1.54) is 18.2 Å². The highest BCUT2D eigenvalue weighted by molar-refractivity contribution is 7.80. The third-order valence-corrected chi connectivity index (χ3v) is 3.40. The number of rotatable bonds is 6. The fourth-order valence-electron chi connectivity index (χ4n) is 1.23. The van der Waals surface area contributed by atoms with Crippen LogP contribution in [0.15, 0.2) is 30.6 Å². The average molecular weight is 338 g/mol. The molecule has 1 aromatic rings. The monoisotopic (exact) mass is 338 g/mol. The summed E-state index contributed by atoms with van der Waals surface area (Å²) < 4.78 is 102. The Balaban J connectivity index is 2.80. The van der Waals surface area contributed by atoms with E-state index in [4.69, 9.17) is 0 Å². The molecule has 21 heavy (non-hydrogen) atoms. The lowest BCUT2D eigenvalue weighted by Gasteiger charge is -2.18. The number of hydrogen-bond donors (Lipinski definition) is 0. The Morgan fingerprint density at radius 3 is 2.05 bits per heavy atom. The fraction of sp³-hybridized carbons (Fsp3) is 0.500. The van der Waals surface area contributed by atoms with E-state index in [1.807, 2.05) is 0 Å². The second kappa shape index (κ2) is 6.18. The molecule has 0 aliphatic carbocycles. The number of alkyl halides is 6. The molecule has 120 valence electrons. The first-order valence-corrected chi connectivity index (χ1v) is 6.82. The van der Waals surface area contributed by atoms with E-state index in [0.29, 0.717) is 0 Å². The third-order valence-electron chi connectivity index (χ3n) is 2.21. The molecular formula is C10H10F6NO3S+. The molecule has 0 saturated heterocycles. The largest absolute Gasteiger partial charge is 0.519 e. The Kier molecular flexibility index (Phi) is 5.20. The van der Waals surface area contributed by atoms with E-state index in [1.54, 1.807) is 0 Å². The lowest BCUT2D eigenvalue weighted by molar-refractivity contribution is -0.525. The van der Waals surface area contributed by atoms with Gasteiger partial charge in [0.05, 0.1) is 0 Å². The van der Waals surface area contributed by atoms with Crippen LogP contribution in [0.1, 0.15) is 12.8 Å². The van der Waals surface area contributed by atoms with Gasteiger partial charge in [-0.3, -0.25) is 0 Å². The van der Waals surface area contributed by atoms with E-state index in [0.717, 1.165) is 12.4 Å². The van der Waals surface area contributed by atoms with Crippen LogP contribution in [0.2, 0.25) is 0 Å². The topological polar surface area (TPSA) is 47.3 Å². The molecule has 1 heterocycles. The van der Waals surface area contributed by atoms with Crippen LogP contribution in [0.5, 0.6) is 0 Å². The van der Waals surface area contributed by atoms with Crippen molar-refractivity contribution in [1.82, 2.24) is 0 Å². The Bertz CT molecular complexity index is 560. The zero-order valence-corrected chi connectivity index (χ0v) is 11.0. The van der Waals surface area contributed by atoms with E-state index in [2.05, 4.69) is 4.18 Å². The van der Waals surface area contributed by atoms with E-state index >= 15 is 0 Å². The Labute approximate surface area is 116 Å². The Hall–Kier alpha value is -1.36. The highest BCUT2D eigenvalue weighted by Gasteiger charge is 2.50. The number of aromatic nitrogens is 1. The highest BCUT2D eigenvalue weighted by atomic mass is 32.2. The molecule has 1 aromatic heterocycles. The zero-order chi connectivity index (χ0) is 16.3. The van der Waals surface area contributed by atoms with Gasteiger partial charge in [0.1, 0.15) is 0 Å². The lowest BCUT2D eigenvalue weighted by Crippen LogP contribution is -2.48. The van der Waals surface area contributed by atoms with Gasteiger partial charge in [-0.25, -0.2) is 4.39 Å². The average Bonchev–Trinajstić information content (AvgIpc) is 2.35. The van der Waals surface area contributed by atoms with Crippen LogP contribution in [0.3, 0.4) is 0 Å². The standard InChI is InChI=1S/C10H10F6NO3S/c11-8(4-5-9(12,13)14)10(15,16)20-21(18,19)17-6-2-1-3-7-17/h1-3,6-8H,4-5H2/q+1. The highest BCUT2D eigenvalue weighted by Crippen LogP contribution is 2.31. The van der Waals surface area contributed by atoms with Gasteiger partial charge in [-0.2, -0.15) is 22.0 Å². The van der Waals surface area contributed by atoms with Crippen LogP contribution in [-0.2, 0) is 14.5 Å². The van der Waals surface area contributed by atoms with Crippen molar-refractivity contribution in [1.29, 1.82) is 0 Å². The minimum absolute atomic E-state index is 0.234. The molecule has 0 aromatic carbocycles. The number of hydrogen-bond acceptors (Lipinski definition) is 3. The second-order valence-electron chi connectivity index (χ2n) is 3.93. The van der Waals surface area contributed by atoms with Crippen molar-refractivity contribution in [3.05, 3.63) is 30.6 Å². The summed E-state index contributed by atoms with van der Waals surface area (Å²) in [6.45, 7) is 0. The van der Waals surface area contributed by atoms with Gasteiger partial charge in [-0.15, -0.1) is 12.6 Å². The first kappa shape index (κ1) is 17.7. The van der Waals surface area contributed by atoms with Gasteiger partial charge in [-0.1, -0.05) is 10.0 Å². The van der Waals surface area contributed by atoms with Crippen LogP contribution in [-0.4, -0.2) is 26.9 Å². The SMILES string of the molecule is O=S(=O)(OC(F)(F)C(F)CCC(F)(F)F)[n+]1ccccc1. The van der Waals surface area contributed by atoms with E-state index in [-0.39, 0.29) is 3.97 Å². The molecule has 0 saturated carbocycles. The fourth-order valence-corrected chi connectivity index (χ4v) is 2.14. The minimum Gasteiger partial charge on any atom is -0.238 e. The number of halogens is 6. The minimum atomic E-state index is -5.07. The summed E-state index contributed by atoms with van der Waals surface area (Å²) in [7, 11) is -5.07. The molecule has 0 radical (unpaired) electrons. The summed E-state index contributed by atoms with van der Waals surface area (Å²) in [5.41, 5.74) is 0. The predicted octanol–water partition coefficient (Wildman–Crippen LogP) is 2.36. The van der Waals surface area contributed by atoms with Gasteiger partial charge < -0.3 is 0 Å². The van der Waals surface area contributed by atoms with Crippen molar-refractivity contribution in [2.45, 2.75) is 31.3 Å². The van der Waals surface area contributed by atoms with Crippen LogP contribution < -0.4 is 3.97 Å². The zero-order valence-electron chi connectivity index (χ0n) is 10.2. The van der Waals surface area contributed by atoms with Gasteiger partial charge >= 0.3 is 22.6 Å². The molecule has 0 bridgehead atoms. The summed E-state index contributed by atoms with van der Waals surface area (Å²) in [5, 5.41) is 0. The molecule has 4 nitrogen and oxygen atoms in total. The van der Waals surface area contributed by atoms with Gasteiger partial charge in [-0.05, 0) is 6.42 Å². The van der Waals surface area contributed by atoms with Crippen molar-refractivity contribution in [2.24, 2.45) is 0 Å². The normalized spacial score (nSPS) is 15.0. The molecule has 0 fully saturated rings. The summed E-state index contributed by atoms with van der Waals surface area (Å²) >= 11 is 0. The van der Waals surface area contributed by atoms with Crippen molar-refractivity contribution in [2.75, 3.05) is 0 Å². The van der Waals surface area contributed by atoms with Gasteiger partial charge in [0.25, 0.3) is 0 Å². The smallest absolute Gasteiger partial charge is 0.238 e. The molecule has 11 heteroatoms. The van der Waals surface area contributed by atoms with Crippen molar-refractivity contribution in [3.8, 4) is 0 Å². The molecule has 1 unspecified atom stereocenters. The summed E-state index contributed by atoms with van der Waals surface area (Å²) in [6, 6.07) is 3.73. The third kappa shape index (κ3) is 5.50. The molecule has 0 N–H and O–H groups in total. The van der Waals surface area contributed by atoms with E-state index in [9.17, 15) is 34.8 Å². The molecule has 0 aliphatic heterocycles. The number of nitrogens with zero attached hydrogens (tertiary/aromatic N) is 1. The van der Waals surface area contributed by atoms with Crippen LogP contribution in [0, 0.1) is 0 Å². The lowest BCUT2D eigenvalue weighted by atomic mass is 10.2. The Morgan fingerprint density at radius 1 is 1.05 bits per heavy atom. The maximum atomic E-state index is 13.2. The first-order valence-electron chi connectivity index (χ1n) is 5.45. The summed E-state index contributed by atoms with van der Waals surface area (Å²) in [5.74, 6) is 0. The maximum Gasteiger partial charge on any atom is 0.519 e.